The zero-order chi connectivity index (χ0) is 13.0. The predicted molar refractivity (Wildman–Crippen MR) is 72.0 cm³/mol. The average molecular weight is 259 g/mol. The third-order valence-corrected chi connectivity index (χ3v) is 3.38. The molecule has 3 N–H and O–H groups in total. The average Bonchev–Trinajstić information content (AvgIpc) is 2.39. The van der Waals surface area contributed by atoms with Gasteiger partial charge in [0.1, 0.15) is 5.03 Å². The molecule has 0 aliphatic heterocycles. The molecule has 0 aliphatic carbocycles. The first-order chi connectivity index (χ1) is 8.70. The van der Waals surface area contributed by atoms with Crippen molar-refractivity contribution in [2.75, 3.05) is 0 Å². The van der Waals surface area contributed by atoms with Gasteiger partial charge in [-0.25, -0.2) is 4.98 Å². The van der Waals surface area contributed by atoms with E-state index >= 15 is 0 Å². The highest BCUT2D eigenvalue weighted by atomic mass is 32.2. The van der Waals surface area contributed by atoms with Crippen molar-refractivity contribution in [1.29, 1.82) is 0 Å². The third kappa shape index (κ3) is 2.81. The van der Waals surface area contributed by atoms with E-state index in [0.29, 0.717) is 5.56 Å². The molecule has 2 rings (SSSR count). The van der Waals surface area contributed by atoms with Crippen LogP contribution in [0.5, 0.6) is 0 Å². The lowest BCUT2D eigenvalue weighted by molar-refractivity contribution is 0.318. The summed E-state index contributed by atoms with van der Waals surface area (Å²) in [5.74, 6) is 0.105. The minimum atomic E-state index is 0.105. The quantitative estimate of drug-likeness (QED) is 0.385. The molecular formula is C13H13N3OS. The molecule has 0 saturated carbocycles. The number of rotatable bonds is 3. The van der Waals surface area contributed by atoms with E-state index in [1.54, 1.807) is 6.20 Å². The van der Waals surface area contributed by atoms with E-state index < -0.39 is 0 Å². The van der Waals surface area contributed by atoms with Crippen molar-refractivity contribution < 1.29 is 5.21 Å². The molecule has 0 radical (unpaired) electrons. The molecule has 0 saturated heterocycles. The zero-order valence-corrected chi connectivity index (χ0v) is 10.7. The van der Waals surface area contributed by atoms with Crippen LogP contribution in [0, 0.1) is 6.92 Å². The largest absolute Gasteiger partial charge is 0.409 e. The maximum atomic E-state index is 8.79. The van der Waals surface area contributed by atoms with E-state index in [9.17, 15) is 0 Å². The van der Waals surface area contributed by atoms with Crippen molar-refractivity contribution in [3.05, 3.63) is 53.7 Å². The molecule has 0 fully saturated rings. The van der Waals surface area contributed by atoms with Gasteiger partial charge in [-0.15, -0.1) is 0 Å². The van der Waals surface area contributed by atoms with Crippen molar-refractivity contribution in [1.82, 2.24) is 4.98 Å². The van der Waals surface area contributed by atoms with Gasteiger partial charge in [0.2, 0.25) is 0 Å². The Bertz CT molecular complexity index is 570. The fourth-order valence-corrected chi connectivity index (χ4v) is 2.51. The lowest BCUT2D eigenvalue weighted by Crippen LogP contribution is -2.14. The van der Waals surface area contributed by atoms with Crippen LogP contribution in [0.25, 0.3) is 0 Å². The Balaban J connectivity index is 2.40. The number of pyridine rings is 1. The Morgan fingerprint density at radius 2 is 2.17 bits per heavy atom. The molecule has 1 heterocycles. The van der Waals surface area contributed by atoms with Crippen molar-refractivity contribution in [2.45, 2.75) is 16.8 Å². The van der Waals surface area contributed by atoms with Gasteiger partial charge in [0, 0.05) is 16.7 Å². The second-order valence-corrected chi connectivity index (χ2v) is 4.82. The van der Waals surface area contributed by atoms with Gasteiger partial charge in [-0.05, 0) is 36.8 Å². The smallest absolute Gasteiger partial charge is 0.171 e. The summed E-state index contributed by atoms with van der Waals surface area (Å²) >= 11 is 1.49. The SMILES string of the molecule is Cc1ccc(C(N)=NO)c(Sc2ccccn2)c1. The van der Waals surface area contributed by atoms with Crippen LogP contribution in [-0.4, -0.2) is 16.0 Å². The van der Waals surface area contributed by atoms with Gasteiger partial charge in [-0.1, -0.05) is 29.1 Å². The van der Waals surface area contributed by atoms with Crippen LogP contribution in [0.15, 0.2) is 57.7 Å². The summed E-state index contributed by atoms with van der Waals surface area (Å²) in [7, 11) is 0. The molecule has 5 heteroatoms. The summed E-state index contributed by atoms with van der Waals surface area (Å²) in [5, 5.41) is 12.7. The van der Waals surface area contributed by atoms with Gasteiger partial charge < -0.3 is 10.9 Å². The summed E-state index contributed by atoms with van der Waals surface area (Å²) in [6, 6.07) is 11.5. The number of benzene rings is 1. The maximum absolute atomic E-state index is 8.79. The van der Waals surface area contributed by atoms with Crippen LogP contribution >= 0.6 is 11.8 Å². The Morgan fingerprint density at radius 1 is 1.33 bits per heavy atom. The third-order valence-electron chi connectivity index (χ3n) is 2.37. The molecule has 18 heavy (non-hydrogen) atoms. The van der Waals surface area contributed by atoms with E-state index in [0.717, 1.165) is 15.5 Å². The summed E-state index contributed by atoms with van der Waals surface area (Å²) in [6.45, 7) is 2.00. The van der Waals surface area contributed by atoms with Gasteiger partial charge in [-0.2, -0.15) is 0 Å². The highest BCUT2D eigenvalue weighted by molar-refractivity contribution is 7.99. The summed E-state index contributed by atoms with van der Waals surface area (Å²) < 4.78 is 0. The molecule has 2 aromatic rings. The first kappa shape index (κ1) is 12.4. The van der Waals surface area contributed by atoms with Crippen LogP contribution in [0.1, 0.15) is 11.1 Å². The molecule has 0 amide bonds. The molecule has 0 spiro atoms. The van der Waals surface area contributed by atoms with Crippen molar-refractivity contribution in [3.8, 4) is 0 Å². The number of nitrogens with zero attached hydrogens (tertiary/aromatic N) is 2. The Labute approximate surface area is 110 Å². The van der Waals surface area contributed by atoms with E-state index in [2.05, 4.69) is 10.1 Å². The van der Waals surface area contributed by atoms with Crippen LogP contribution in [-0.2, 0) is 0 Å². The van der Waals surface area contributed by atoms with Gasteiger partial charge in [0.15, 0.2) is 5.84 Å². The van der Waals surface area contributed by atoms with Crippen LogP contribution in [0.2, 0.25) is 0 Å². The molecule has 0 unspecified atom stereocenters. The molecular weight excluding hydrogens is 246 g/mol. The minimum absolute atomic E-state index is 0.105. The molecule has 0 aliphatic rings. The number of aryl methyl sites for hydroxylation is 1. The van der Waals surface area contributed by atoms with Crippen LogP contribution in [0.4, 0.5) is 0 Å². The Hall–Kier alpha value is -2.01. The lowest BCUT2D eigenvalue weighted by Gasteiger charge is -2.08. The minimum Gasteiger partial charge on any atom is -0.409 e. The van der Waals surface area contributed by atoms with Gasteiger partial charge in [0.25, 0.3) is 0 Å². The Morgan fingerprint density at radius 3 is 2.83 bits per heavy atom. The van der Waals surface area contributed by atoms with Crippen LogP contribution in [0.3, 0.4) is 0 Å². The van der Waals surface area contributed by atoms with Crippen molar-refractivity contribution in [2.24, 2.45) is 10.9 Å². The highest BCUT2D eigenvalue weighted by Crippen LogP contribution is 2.29. The predicted octanol–water partition coefficient (Wildman–Crippen LogP) is 2.64. The van der Waals surface area contributed by atoms with Crippen molar-refractivity contribution >= 4 is 17.6 Å². The van der Waals surface area contributed by atoms with Gasteiger partial charge in [-0.3, -0.25) is 0 Å². The van der Waals surface area contributed by atoms with E-state index in [1.165, 1.54) is 11.8 Å². The van der Waals surface area contributed by atoms with E-state index in [1.807, 2.05) is 43.3 Å². The molecule has 1 aromatic heterocycles. The fraction of sp³-hybridized carbons (Fsp3) is 0.0769. The fourth-order valence-electron chi connectivity index (χ4n) is 1.50. The lowest BCUT2D eigenvalue weighted by atomic mass is 10.1. The number of hydrogen-bond donors (Lipinski definition) is 2. The first-order valence-electron chi connectivity index (χ1n) is 5.38. The number of nitrogens with two attached hydrogens (primary N) is 1. The first-order valence-corrected chi connectivity index (χ1v) is 6.20. The maximum Gasteiger partial charge on any atom is 0.171 e. The Kier molecular flexibility index (Phi) is 3.84. The number of oxime groups is 1. The van der Waals surface area contributed by atoms with Crippen LogP contribution < -0.4 is 5.73 Å². The summed E-state index contributed by atoms with van der Waals surface area (Å²) in [5.41, 5.74) is 7.49. The van der Waals surface area contributed by atoms with E-state index in [-0.39, 0.29) is 5.84 Å². The molecule has 4 nitrogen and oxygen atoms in total. The second kappa shape index (κ2) is 5.55. The topological polar surface area (TPSA) is 71.5 Å². The molecule has 92 valence electrons. The van der Waals surface area contributed by atoms with Gasteiger partial charge in [0.05, 0.1) is 0 Å². The second-order valence-electron chi connectivity index (χ2n) is 3.75. The van der Waals surface area contributed by atoms with Gasteiger partial charge >= 0.3 is 0 Å². The summed E-state index contributed by atoms with van der Waals surface area (Å²) in [6.07, 6.45) is 1.74. The summed E-state index contributed by atoms with van der Waals surface area (Å²) in [4.78, 5) is 5.17. The molecule has 0 bridgehead atoms. The monoisotopic (exact) mass is 259 g/mol. The molecule has 1 aromatic carbocycles. The number of aromatic nitrogens is 1. The molecule has 0 atom stereocenters. The zero-order valence-electron chi connectivity index (χ0n) is 9.87. The number of hydrogen-bond acceptors (Lipinski definition) is 4. The highest BCUT2D eigenvalue weighted by Gasteiger charge is 2.09. The normalized spacial score (nSPS) is 11.5. The van der Waals surface area contributed by atoms with E-state index in [4.69, 9.17) is 10.9 Å². The van der Waals surface area contributed by atoms with Crippen molar-refractivity contribution in [3.63, 3.8) is 0 Å². The standard InChI is InChI=1S/C13H13N3OS/c1-9-5-6-10(13(14)16-17)11(8-9)18-12-4-2-3-7-15-12/h2-8,17H,1H3,(H2,14,16). The number of amidine groups is 1.